The highest BCUT2D eigenvalue weighted by atomic mass is 16.3. The van der Waals surface area contributed by atoms with Crippen molar-refractivity contribution in [3.8, 4) is 33.4 Å². The standard InChI is InChI=1S/C65H44O2/c1-3-18-47-45(4-2)62(43-33-36-59-57(38-43)56-37-42(32-35-58(56)66-59)40-19-7-5-8-20-40)52-27-15-16-28-53(52)64(47)55-30-17-29-54-46-34-31-44(39-60(46)67-65(54)55)63-50-25-13-11-23-48(50)61(41-21-9-6-10-22-41)49-24-12-14-26-51(49)63/h3-39,52-53H,2H2,1H3/b18-3-. The van der Waals surface area contributed by atoms with E-state index in [-0.39, 0.29) is 11.8 Å². The molecule has 0 saturated heterocycles. The lowest BCUT2D eigenvalue weighted by molar-refractivity contribution is 0.659. The summed E-state index contributed by atoms with van der Waals surface area (Å²) in [6.07, 6.45) is 15.6. The molecule has 2 heteroatoms. The minimum atomic E-state index is 0.0478. The quantitative estimate of drug-likeness (QED) is 0.149. The Morgan fingerprint density at radius 3 is 1.60 bits per heavy atom. The van der Waals surface area contributed by atoms with Gasteiger partial charge < -0.3 is 8.83 Å². The zero-order valence-electron chi connectivity index (χ0n) is 37.0. The summed E-state index contributed by atoms with van der Waals surface area (Å²) in [5.74, 6) is 0.107. The van der Waals surface area contributed by atoms with Gasteiger partial charge in [-0.3, -0.25) is 0 Å². The first-order valence-electron chi connectivity index (χ1n) is 23.2. The summed E-state index contributed by atoms with van der Waals surface area (Å²) in [4.78, 5) is 0. The molecule has 0 saturated carbocycles. The Balaban J connectivity index is 0.997. The minimum Gasteiger partial charge on any atom is -0.456 e. The maximum atomic E-state index is 7.17. The number of para-hydroxylation sites is 1. The molecule has 0 amide bonds. The number of rotatable bonds is 7. The molecule has 316 valence electrons. The van der Waals surface area contributed by atoms with Crippen molar-refractivity contribution in [2.75, 3.05) is 0 Å². The fourth-order valence-electron chi connectivity index (χ4n) is 11.3. The van der Waals surface area contributed by atoms with Crippen LogP contribution in [0.5, 0.6) is 0 Å². The molecule has 0 radical (unpaired) electrons. The van der Waals surface area contributed by atoms with Crippen LogP contribution in [0.3, 0.4) is 0 Å². The van der Waals surface area contributed by atoms with Crippen LogP contribution >= 0.6 is 0 Å². The van der Waals surface area contributed by atoms with E-state index < -0.39 is 0 Å². The molecule has 2 aliphatic rings. The molecule has 0 N–H and O–H groups in total. The molecule has 0 spiro atoms. The van der Waals surface area contributed by atoms with Crippen molar-refractivity contribution >= 4 is 76.6 Å². The average Bonchev–Trinajstić information content (AvgIpc) is 3.95. The van der Waals surface area contributed by atoms with Gasteiger partial charge in [-0.15, -0.1) is 0 Å². The molecule has 0 aliphatic heterocycles. The highest BCUT2D eigenvalue weighted by Gasteiger charge is 2.37. The number of benzene rings is 9. The van der Waals surface area contributed by atoms with E-state index in [1.807, 2.05) is 0 Å². The fourth-order valence-corrected chi connectivity index (χ4v) is 11.3. The van der Waals surface area contributed by atoms with Gasteiger partial charge in [-0.2, -0.15) is 0 Å². The second kappa shape index (κ2) is 15.6. The zero-order chi connectivity index (χ0) is 44.6. The van der Waals surface area contributed by atoms with Gasteiger partial charge in [0.05, 0.1) is 0 Å². The molecule has 2 atom stereocenters. The third kappa shape index (κ3) is 6.10. The van der Waals surface area contributed by atoms with Crippen LogP contribution in [0.25, 0.3) is 110 Å². The molecule has 0 bridgehead atoms. The number of hydrogen-bond acceptors (Lipinski definition) is 2. The van der Waals surface area contributed by atoms with E-state index in [9.17, 15) is 0 Å². The van der Waals surface area contributed by atoms with Gasteiger partial charge in [-0.1, -0.05) is 195 Å². The average molecular weight is 857 g/mol. The molecule has 9 aromatic carbocycles. The lowest BCUT2D eigenvalue weighted by Crippen LogP contribution is -2.23. The fraction of sp³-hybridized carbons (Fsp3) is 0.0462. The van der Waals surface area contributed by atoms with Crippen LogP contribution in [-0.2, 0) is 0 Å². The van der Waals surface area contributed by atoms with E-state index in [1.54, 1.807) is 0 Å². The van der Waals surface area contributed by atoms with Gasteiger partial charge in [-0.05, 0) is 126 Å². The van der Waals surface area contributed by atoms with Crippen molar-refractivity contribution < 1.29 is 8.83 Å². The minimum absolute atomic E-state index is 0.0478. The van der Waals surface area contributed by atoms with Crippen LogP contribution in [0.4, 0.5) is 0 Å². The lowest BCUT2D eigenvalue weighted by Gasteiger charge is -2.37. The summed E-state index contributed by atoms with van der Waals surface area (Å²) in [5.41, 5.74) is 17.8. The summed E-state index contributed by atoms with van der Waals surface area (Å²) in [5, 5.41) is 9.34. The molecule has 2 unspecified atom stereocenters. The number of fused-ring (bicyclic) bond motifs is 9. The van der Waals surface area contributed by atoms with E-state index in [4.69, 9.17) is 8.83 Å². The Bertz CT molecular complexity index is 3940. The van der Waals surface area contributed by atoms with E-state index in [2.05, 4.69) is 238 Å². The number of furan rings is 2. The van der Waals surface area contributed by atoms with Crippen LogP contribution in [0.1, 0.15) is 18.1 Å². The normalized spacial score (nSPS) is 16.2. The van der Waals surface area contributed by atoms with Gasteiger partial charge in [0.1, 0.15) is 22.3 Å². The lowest BCUT2D eigenvalue weighted by atomic mass is 9.66. The van der Waals surface area contributed by atoms with Gasteiger partial charge >= 0.3 is 0 Å². The van der Waals surface area contributed by atoms with Crippen LogP contribution in [-0.4, -0.2) is 0 Å². The first-order chi connectivity index (χ1) is 33.2. The van der Waals surface area contributed by atoms with Gasteiger partial charge in [-0.25, -0.2) is 0 Å². The van der Waals surface area contributed by atoms with Crippen molar-refractivity contribution in [2.24, 2.45) is 11.8 Å². The number of allylic oxidation sites excluding steroid dienone is 11. The van der Waals surface area contributed by atoms with Crippen LogP contribution in [0, 0.1) is 11.8 Å². The SMILES string of the molecule is C=CC1=C(c2ccc3oc4ccc(-c5ccccc5)cc4c3c2)C2C=CC=CC2C(c2cccc3c2oc2cc(-c4c5ccccc5c(-c5ccccc5)c5ccccc45)ccc23)=C1/C=C\C. The molecule has 11 aromatic rings. The van der Waals surface area contributed by atoms with E-state index in [0.29, 0.717) is 0 Å². The molecule has 2 nitrogen and oxygen atoms in total. The summed E-state index contributed by atoms with van der Waals surface area (Å²) in [7, 11) is 0. The van der Waals surface area contributed by atoms with E-state index >= 15 is 0 Å². The topological polar surface area (TPSA) is 26.3 Å². The molecule has 0 fully saturated rings. The third-order valence-corrected chi connectivity index (χ3v) is 14.2. The van der Waals surface area contributed by atoms with Crippen molar-refractivity contribution in [2.45, 2.75) is 6.92 Å². The second-order valence-electron chi connectivity index (χ2n) is 17.8. The molecule has 13 rings (SSSR count). The van der Waals surface area contributed by atoms with E-state index in [1.165, 1.54) is 60.5 Å². The van der Waals surface area contributed by atoms with Crippen molar-refractivity contribution in [3.05, 3.63) is 253 Å². The molecule has 67 heavy (non-hydrogen) atoms. The summed E-state index contributed by atoms with van der Waals surface area (Å²) >= 11 is 0. The first-order valence-corrected chi connectivity index (χ1v) is 23.2. The monoisotopic (exact) mass is 856 g/mol. The van der Waals surface area contributed by atoms with Gasteiger partial charge in [0.25, 0.3) is 0 Å². The van der Waals surface area contributed by atoms with Crippen molar-refractivity contribution in [1.82, 2.24) is 0 Å². The number of hydrogen-bond donors (Lipinski definition) is 0. The Hall–Kier alpha value is -8.46. The predicted octanol–water partition coefficient (Wildman–Crippen LogP) is 18.1. The molecule has 2 aromatic heterocycles. The Labute approximate surface area is 389 Å². The van der Waals surface area contributed by atoms with Crippen LogP contribution in [0.2, 0.25) is 0 Å². The predicted molar refractivity (Wildman–Crippen MR) is 283 cm³/mol. The molecular weight excluding hydrogens is 813 g/mol. The Kier molecular flexibility index (Phi) is 9.08. The highest BCUT2D eigenvalue weighted by Crippen LogP contribution is 2.53. The Morgan fingerprint density at radius 1 is 0.403 bits per heavy atom. The molecule has 2 aliphatic carbocycles. The largest absolute Gasteiger partial charge is 0.456 e. The molecule has 2 heterocycles. The maximum Gasteiger partial charge on any atom is 0.142 e. The van der Waals surface area contributed by atoms with Gasteiger partial charge in [0, 0.05) is 38.9 Å². The van der Waals surface area contributed by atoms with Crippen LogP contribution in [0.15, 0.2) is 251 Å². The first kappa shape index (κ1) is 39.0. The Morgan fingerprint density at radius 2 is 0.955 bits per heavy atom. The highest BCUT2D eigenvalue weighted by molar-refractivity contribution is 6.22. The van der Waals surface area contributed by atoms with Gasteiger partial charge in [0.2, 0.25) is 0 Å². The summed E-state index contributed by atoms with van der Waals surface area (Å²) < 4.78 is 13.6. The van der Waals surface area contributed by atoms with E-state index in [0.717, 1.165) is 71.7 Å². The third-order valence-electron chi connectivity index (χ3n) is 14.2. The molecular formula is C65H44O2. The van der Waals surface area contributed by atoms with Gasteiger partial charge in [0.15, 0.2) is 0 Å². The van der Waals surface area contributed by atoms with Crippen molar-refractivity contribution in [3.63, 3.8) is 0 Å². The van der Waals surface area contributed by atoms with Crippen LogP contribution < -0.4 is 0 Å². The maximum absolute atomic E-state index is 7.17. The summed E-state index contributed by atoms with van der Waals surface area (Å²) in [6.45, 7) is 6.60. The smallest absolute Gasteiger partial charge is 0.142 e. The zero-order valence-corrected chi connectivity index (χ0v) is 37.0. The second-order valence-corrected chi connectivity index (χ2v) is 17.8. The van der Waals surface area contributed by atoms with Crippen molar-refractivity contribution in [1.29, 1.82) is 0 Å². The summed E-state index contributed by atoms with van der Waals surface area (Å²) in [6, 6.07) is 65.6.